The van der Waals surface area contributed by atoms with Crippen LogP contribution >= 0.6 is 11.6 Å². The average Bonchev–Trinajstić information content (AvgIpc) is 2.81. The number of anilines is 2. The number of rotatable bonds is 3. The third kappa shape index (κ3) is 2.49. The zero-order valence-corrected chi connectivity index (χ0v) is 10.9. The Morgan fingerprint density at radius 1 is 1.28 bits per heavy atom. The number of carbonyl (C=O) groups is 1. The van der Waals surface area contributed by atoms with Gasteiger partial charge in [-0.15, -0.1) is 0 Å². The van der Waals surface area contributed by atoms with E-state index in [0.29, 0.717) is 10.7 Å². The van der Waals surface area contributed by atoms with Gasteiger partial charge in [0, 0.05) is 14.1 Å². The summed E-state index contributed by atoms with van der Waals surface area (Å²) in [7, 11) is 3.73. The van der Waals surface area contributed by atoms with Crippen LogP contribution < -0.4 is 10.2 Å². The summed E-state index contributed by atoms with van der Waals surface area (Å²) in [6, 6.07) is 8.63. The van der Waals surface area contributed by atoms with Gasteiger partial charge in [0.2, 0.25) is 0 Å². The maximum Gasteiger partial charge on any atom is 0.291 e. The summed E-state index contributed by atoms with van der Waals surface area (Å²) in [5, 5.41) is 3.36. The van der Waals surface area contributed by atoms with Crippen LogP contribution in [-0.4, -0.2) is 20.0 Å². The van der Waals surface area contributed by atoms with Crippen LogP contribution in [0.3, 0.4) is 0 Å². The number of carbonyl (C=O) groups excluding carboxylic acids is 1. The second-order valence-corrected chi connectivity index (χ2v) is 4.37. The molecule has 0 saturated carbocycles. The van der Waals surface area contributed by atoms with E-state index in [0.717, 1.165) is 5.69 Å². The van der Waals surface area contributed by atoms with E-state index in [2.05, 4.69) is 5.32 Å². The Bertz CT molecular complexity index is 550. The van der Waals surface area contributed by atoms with Crippen molar-refractivity contribution in [2.75, 3.05) is 24.3 Å². The molecule has 2 rings (SSSR count). The number of hydrogen-bond donors (Lipinski definition) is 1. The number of furan rings is 1. The van der Waals surface area contributed by atoms with Crippen molar-refractivity contribution in [3.05, 3.63) is 47.4 Å². The molecule has 0 fully saturated rings. The molecule has 1 amide bonds. The molecule has 1 aromatic heterocycles. The van der Waals surface area contributed by atoms with Gasteiger partial charge in [-0.3, -0.25) is 4.79 Å². The summed E-state index contributed by atoms with van der Waals surface area (Å²) in [6.07, 6.45) is 1.46. The van der Waals surface area contributed by atoms with Gasteiger partial charge in [0.25, 0.3) is 5.91 Å². The quantitative estimate of drug-likeness (QED) is 0.926. The lowest BCUT2D eigenvalue weighted by Crippen LogP contribution is -2.16. The molecule has 4 nitrogen and oxygen atoms in total. The number of halogens is 1. The molecule has 5 heteroatoms. The molecule has 0 radical (unpaired) electrons. The molecule has 18 heavy (non-hydrogen) atoms. The topological polar surface area (TPSA) is 45.5 Å². The molecule has 1 N–H and O–H groups in total. The normalized spacial score (nSPS) is 10.2. The van der Waals surface area contributed by atoms with Crippen LogP contribution in [0.4, 0.5) is 11.4 Å². The maximum atomic E-state index is 11.9. The molecule has 0 unspecified atom stereocenters. The van der Waals surface area contributed by atoms with Gasteiger partial charge in [0.15, 0.2) is 5.76 Å². The SMILES string of the molecule is CN(C)c1c(Cl)cccc1NC(=O)c1ccco1. The third-order valence-electron chi connectivity index (χ3n) is 2.43. The van der Waals surface area contributed by atoms with Crippen LogP contribution in [0.1, 0.15) is 10.6 Å². The molecule has 0 aliphatic rings. The summed E-state index contributed by atoms with van der Waals surface area (Å²) < 4.78 is 5.04. The molecule has 0 saturated heterocycles. The minimum absolute atomic E-state index is 0.264. The van der Waals surface area contributed by atoms with E-state index in [1.807, 2.05) is 19.0 Å². The van der Waals surface area contributed by atoms with Crippen LogP contribution in [0, 0.1) is 0 Å². The van der Waals surface area contributed by atoms with Gasteiger partial charge in [-0.05, 0) is 24.3 Å². The van der Waals surface area contributed by atoms with Gasteiger partial charge >= 0.3 is 0 Å². The highest BCUT2D eigenvalue weighted by Gasteiger charge is 2.14. The van der Waals surface area contributed by atoms with Crippen molar-refractivity contribution in [2.24, 2.45) is 0 Å². The molecule has 94 valence electrons. The second kappa shape index (κ2) is 5.14. The van der Waals surface area contributed by atoms with Crippen molar-refractivity contribution in [1.82, 2.24) is 0 Å². The third-order valence-corrected chi connectivity index (χ3v) is 2.73. The first-order chi connectivity index (χ1) is 8.59. The van der Waals surface area contributed by atoms with Gasteiger partial charge < -0.3 is 14.6 Å². The second-order valence-electron chi connectivity index (χ2n) is 3.96. The molecule has 0 atom stereocenters. The minimum atomic E-state index is -0.301. The summed E-state index contributed by atoms with van der Waals surface area (Å²) in [5.41, 5.74) is 1.41. The fraction of sp³-hybridized carbons (Fsp3) is 0.154. The Morgan fingerprint density at radius 3 is 2.67 bits per heavy atom. The van der Waals surface area contributed by atoms with Crippen molar-refractivity contribution in [3.8, 4) is 0 Å². The Kier molecular flexibility index (Phi) is 3.58. The molecule has 1 aromatic carbocycles. The largest absolute Gasteiger partial charge is 0.459 e. The van der Waals surface area contributed by atoms with Crippen molar-refractivity contribution in [2.45, 2.75) is 0 Å². The van der Waals surface area contributed by atoms with Crippen molar-refractivity contribution in [3.63, 3.8) is 0 Å². The van der Waals surface area contributed by atoms with Crippen LogP contribution in [0.5, 0.6) is 0 Å². The summed E-state index contributed by atoms with van der Waals surface area (Å²) >= 11 is 6.12. The molecular formula is C13H13ClN2O2. The molecule has 0 aliphatic heterocycles. The van der Waals surface area contributed by atoms with Gasteiger partial charge in [-0.1, -0.05) is 17.7 Å². The first-order valence-electron chi connectivity index (χ1n) is 5.40. The first-order valence-corrected chi connectivity index (χ1v) is 5.78. The van der Waals surface area contributed by atoms with E-state index in [4.69, 9.17) is 16.0 Å². The standard InChI is InChI=1S/C13H13ClN2O2/c1-16(2)12-9(14)5-3-6-10(12)15-13(17)11-7-4-8-18-11/h3-8H,1-2H3,(H,15,17). The Hall–Kier alpha value is -1.94. The van der Waals surface area contributed by atoms with Crippen molar-refractivity contribution in [1.29, 1.82) is 0 Å². The van der Waals surface area contributed by atoms with Gasteiger partial charge in [0.1, 0.15) is 0 Å². The summed E-state index contributed by atoms with van der Waals surface area (Å²) in [5.74, 6) is -0.0370. The first kappa shape index (κ1) is 12.5. The monoisotopic (exact) mass is 264 g/mol. The Balaban J connectivity index is 2.29. The van der Waals surface area contributed by atoms with E-state index in [9.17, 15) is 4.79 Å². The molecule has 0 spiro atoms. The Labute approximate surface area is 110 Å². The smallest absolute Gasteiger partial charge is 0.291 e. The number of nitrogens with zero attached hydrogens (tertiary/aromatic N) is 1. The van der Waals surface area contributed by atoms with E-state index >= 15 is 0 Å². The number of nitrogens with one attached hydrogen (secondary N) is 1. The predicted octanol–water partition coefficient (Wildman–Crippen LogP) is 3.25. The van der Waals surface area contributed by atoms with E-state index in [1.165, 1.54) is 6.26 Å². The zero-order valence-electron chi connectivity index (χ0n) is 10.1. The highest BCUT2D eigenvalue weighted by Crippen LogP contribution is 2.32. The zero-order chi connectivity index (χ0) is 13.1. The maximum absolute atomic E-state index is 11.9. The average molecular weight is 265 g/mol. The Morgan fingerprint density at radius 2 is 2.06 bits per heavy atom. The van der Waals surface area contributed by atoms with Gasteiger partial charge in [-0.2, -0.15) is 0 Å². The number of hydrogen-bond acceptors (Lipinski definition) is 3. The molecule has 2 aromatic rings. The molecule has 0 aliphatic carbocycles. The van der Waals surface area contributed by atoms with E-state index in [-0.39, 0.29) is 11.7 Å². The highest BCUT2D eigenvalue weighted by molar-refractivity contribution is 6.34. The summed E-state index contributed by atoms with van der Waals surface area (Å²) in [4.78, 5) is 13.7. The molecule has 1 heterocycles. The van der Waals surface area contributed by atoms with Crippen molar-refractivity contribution < 1.29 is 9.21 Å². The highest BCUT2D eigenvalue weighted by atomic mass is 35.5. The van der Waals surface area contributed by atoms with Gasteiger partial charge in [0.05, 0.1) is 22.7 Å². The van der Waals surface area contributed by atoms with E-state index < -0.39 is 0 Å². The number of amides is 1. The number of benzene rings is 1. The lowest BCUT2D eigenvalue weighted by Gasteiger charge is -2.19. The molecule has 0 bridgehead atoms. The fourth-order valence-electron chi connectivity index (χ4n) is 1.66. The van der Waals surface area contributed by atoms with Gasteiger partial charge in [-0.25, -0.2) is 0 Å². The lowest BCUT2D eigenvalue weighted by atomic mass is 10.2. The number of para-hydroxylation sites is 1. The minimum Gasteiger partial charge on any atom is -0.459 e. The lowest BCUT2D eigenvalue weighted by molar-refractivity contribution is 0.0996. The predicted molar refractivity (Wildman–Crippen MR) is 72.4 cm³/mol. The fourth-order valence-corrected chi connectivity index (χ4v) is 2.01. The van der Waals surface area contributed by atoms with Crippen molar-refractivity contribution >= 4 is 28.9 Å². The van der Waals surface area contributed by atoms with E-state index in [1.54, 1.807) is 30.3 Å². The van der Waals surface area contributed by atoms with Crippen LogP contribution in [0.2, 0.25) is 5.02 Å². The van der Waals surface area contributed by atoms with Crippen LogP contribution in [0.15, 0.2) is 41.0 Å². The van der Waals surface area contributed by atoms with Crippen LogP contribution in [0.25, 0.3) is 0 Å². The van der Waals surface area contributed by atoms with Crippen LogP contribution in [-0.2, 0) is 0 Å². The summed E-state index contributed by atoms with van der Waals surface area (Å²) in [6.45, 7) is 0. The molecular weight excluding hydrogens is 252 g/mol.